The fourth-order valence-electron chi connectivity index (χ4n) is 3.10. The summed E-state index contributed by atoms with van der Waals surface area (Å²) in [6.45, 7) is 6.23. The zero-order chi connectivity index (χ0) is 17.0. The molecule has 0 bridgehead atoms. The number of carbonyl (C=O) groups excluding carboxylic acids is 1. The molecule has 0 aromatic heterocycles. The Morgan fingerprint density at radius 2 is 1.78 bits per heavy atom. The van der Waals surface area contributed by atoms with Crippen LogP contribution >= 0.6 is 0 Å². The molecule has 128 valence electrons. The molecule has 1 aromatic rings. The van der Waals surface area contributed by atoms with E-state index in [0.29, 0.717) is 11.8 Å². The van der Waals surface area contributed by atoms with E-state index in [0.717, 1.165) is 24.8 Å². The summed E-state index contributed by atoms with van der Waals surface area (Å²) in [5, 5.41) is 2.91. The van der Waals surface area contributed by atoms with E-state index in [4.69, 9.17) is 0 Å². The summed E-state index contributed by atoms with van der Waals surface area (Å²) >= 11 is 0. The van der Waals surface area contributed by atoms with Crippen molar-refractivity contribution in [1.29, 1.82) is 0 Å². The number of rotatable bonds is 5. The number of benzene rings is 1. The minimum atomic E-state index is -3.58. The van der Waals surface area contributed by atoms with Crippen LogP contribution in [0.4, 0.5) is 0 Å². The van der Waals surface area contributed by atoms with E-state index in [1.165, 1.54) is 6.42 Å². The molecule has 0 aliphatic heterocycles. The normalized spacial score (nSPS) is 22.1. The lowest BCUT2D eigenvalue weighted by Gasteiger charge is -2.29. The predicted molar refractivity (Wildman–Crippen MR) is 92.1 cm³/mol. The highest BCUT2D eigenvalue weighted by Gasteiger charge is 2.25. The van der Waals surface area contributed by atoms with Crippen LogP contribution in [0.3, 0.4) is 0 Å². The van der Waals surface area contributed by atoms with Crippen molar-refractivity contribution in [1.82, 2.24) is 5.32 Å². The first-order valence-electron chi connectivity index (χ1n) is 8.41. The van der Waals surface area contributed by atoms with Gasteiger partial charge < -0.3 is 5.32 Å². The van der Waals surface area contributed by atoms with Crippen LogP contribution in [0.25, 0.3) is 0 Å². The number of hydrogen-bond donors (Lipinski definition) is 1. The molecule has 1 fully saturated rings. The third kappa shape index (κ3) is 4.80. The summed E-state index contributed by atoms with van der Waals surface area (Å²) < 4.78 is 24.8. The van der Waals surface area contributed by atoms with Gasteiger partial charge in [-0.1, -0.05) is 45.7 Å². The summed E-state index contributed by atoms with van der Waals surface area (Å²) in [6.07, 6.45) is 4.32. The quantitative estimate of drug-likeness (QED) is 0.897. The number of carbonyl (C=O) groups is 1. The molecule has 5 heteroatoms. The molecule has 1 saturated carbocycles. The molecule has 2 atom stereocenters. The van der Waals surface area contributed by atoms with Gasteiger partial charge in [-0.15, -0.1) is 0 Å². The van der Waals surface area contributed by atoms with Crippen molar-refractivity contribution >= 4 is 15.7 Å². The Balaban J connectivity index is 2.01. The van der Waals surface area contributed by atoms with Gasteiger partial charge in [-0.25, -0.2) is 8.42 Å². The second-order valence-electron chi connectivity index (χ2n) is 6.92. The van der Waals surface area contributed by atoms with E-state index in [1.807, 2.05) is 12.1 Å². The molecule has 2 unspecified atom stereocenters. The molecule has 2 rings (SSSR count). The van der Waals surface area contributed by atoms with Crippen molar-refractivity contribution in [2.24, 2.45) is 5.92 Å². The van der Waals surface area contributed by atoms with Crippen LogP contribution < -0.4 is 5.32 Å². The summed E-state index contributed by atoms with van der Waals surface area (Å²) in [7, 11) is -3.58. The first-order valence-corrected chi connectivity index (χ1v) is 10.1. The molecule has 23 heavy (non-hydrogen) atoms. The van der Waals surface area contributed by atoms with Gasteiger partial charge in [0, 0.05) is 6.04 Å². The zero-order valence-electron chi connectivity index (χ0n) is 14.2. The van der Waals surface area contributed by atoms with E-state index < -0.39 is 21.5 Å². The zero-order valence-corrected chi connectivity index (χ0v) is 15.0. The van der Waals surface area contributed by atoms with Crippen molar-refractivity contribution in [2.75, 3.05) is 5.75 Å². The Morgan fingerprint density at radius 3 is 2.35 bits per heavy atom. The molecule has 1 aliphatic rings. The van der Waals surface area contributed by atoms with E-state index in [-0.39, 0.29) is 10.9 Å². The molecule has 1 aromatic carbocycles. The van der Waals surface area contributed by atoms with Crippen molar-refractivity contribution < 1.29 is 13.2 Å². The third-order valence-corrected chi connectivity index (χ3v) is 6.32. The molecule has 1 N–H and O–H groups in total. The predicted octanol–water partition coefficient (Wildman–Crippen LogP) is 3.28. The fraction of sp³-hybridized carbons (Fsp3) is 0.611. The maximum Gasteiger partial charge on any atom is 0.235 e. The van der Waals surface area contributed by atoms with Crippen LogP contribution in [0.1, 0.15) is 57.9 Å². The number of sulfone groups is 1. The van der Waals surface area contributed by atoms with Crippen LogP contribution in [-0.2, 0) is 14.6 Å². The summed E-state index contributed by atoms with van der Waals surface area (Å²) in [5.41, 5.74) is 1.09. The molecule has 0 heterocycles. The SMILES string of the molecule is CC(C)c1ccc(S(=O)(=O)CC(=O)NC2CCCCC2C)cc1. The van der Waals surface area contributed by atoms with Gasteiger partial charge in [-0.05, 0) is 42.4 Å². The van der Waals surface area contributed by atoms with Crippen molar-refractivity contribution in [3.05, 3.63) is 29.8 Å². The molecular formula is C18H27NO3S. The van der Waals surface area contributed by atoms with Gasteiger partial charge in [0.2, 0.25) is 5.91 Å². The fourth-order valence-corrected chi connectivity index (χ4v) is 4.24. The lowest BCUT2D eigenvalue weighted by molar-refractivity contribution is -0.119. The van der Waals surface area contributed by atoms with E-state index in [1.54, 1.807) is 12.1 Å². The Kier molecular flexibility index (Phi) is 5.84. The molecule has 0 spiro atoms. The molecular weight excluding hydrogens is 310 g/mol. The highest BCUT2D eigenvalue weighted by Crippen LogP contribution is 2.24. The number of amides is 1. The summed E-state index contributed by atoms with van der Waals surface area (Å²) in [6, 6.07) is 6.94. The van der Waals surface area contributed by atoms with Crippen molar-refractivity contribution in [3.63, 3.8) is 0 Å². The first kappa shape index (κ1) is 18.0. The van der Waals surface area contributed by atoms with Crippen LogP contribution in [-0.4, -0.2) is 26.1 Å². The maximum atomic E-state index is 12.4. The van der Waals surface area contributed by atoms with Crippen LogP contribution in [0, 0.1) is 5.92 Å². The second-order valence-corrected chi connectivity index (χ2v) is 8.91. The van der Waals surface area contributed by atoms with Crippen LogP contribution in [0.15, 0.2) is 29.2 Å². The lowest BCUT2D eigenvalue weighted by Crippen LogP contribution is -2.43. The van der Waals surface area contributed by atoms with Gasteiger partial charge >= 0.3 is 0 Å². The highest BCUT2D eigenvalue weighted by molar-refractivity contribution is 7.92. The van der Waals surface area contributed by atoms with Gasteiger partial charge in [-0.2, -0.15) is 0 Å². The van der Waals surface area contributed by atoms with Gasteiger partial charge in [0.05, 0.1) is 4.90 Å². The molecule has 0 radical (unpaired) electrons. The standard InChI is InChI=1S/C18H27NO3S/c1-13(2)15-8-10-16(11-9-15)23(21,22)12-18(20)19-17-7-5-4-6-14(17)3/h8-11,13-14,17H,4-7,12H2,1-3H3,(H,19,20). The van der Waals surface area contributed by atoms with Gasteiger partial charge in [-0.3, -0.25) is 4.79 Å². The minimum Gasteiger partial charge on any atom is -0.352 e. The third-order valence-electron chi connectivity index (χ3n) is 4.68. The minimum absolute atomic E-state index is 0.106. The highest BCUT2D eigenvalue weighted by atomic mass is 32.2. The smallest absolute Gasteiger partial charge is 0.235 e. The van der Waals surface area contributed by atoms with Crippen molar-refractivity contribution in [2.45, 2.75) is 63.3 Å². The number of hydrogen-bond acceptors (Lipinski definition) is 3. The molecule has 0 saturated heterocycles. The maximum absolute atomic E-state index is 12.4. The van der Waals surface area contributed by atoms with Crippen LogP contribution in [0.2, 0.25) is 0 Å². The average Bonchev–Trinajstić information content (AvgIpc) is 2.49. The van der Waals surface area contributed by atoms with Gasteiger partial charge in [0.25, 0.3) is 0 Å². The van der Waals surface area contributed by atoms with E-state index in [9.17, 15) is 13.2 Å². The molecule has 1 amide bonds. The van der Waals surface area contributed by atoms with Crippen molar-refractivity contribution in [3.8, 4) is 0 Å². The lowest BCUT2D eigenvalue weighted by atomic mass is 9.86. The Bertz CT molecular complexity index is 635. The Labute approximate surface area is 139 Å². The van der Waals surface area contributed by atoms with Gasteiger partial charge in [0.1, 0.15) is 5.75 Å². The number of nitrogens with one attached hydrogen (secondary N) is 1. The van der Waals surface area contributed by atoms with Crippen LogP contribution in [0.5, 0.6) is 0 Å². The summed E-state index contributed by atoms with van der Waals surface area (Å²) in [5.74, 6) is -0.0997. The molecule has 4 nitrogen and oxygen atoms in total. The van der Waals surface area contributed by atoms with Gasteiger partial charge in [0.15, 0.2) is 9.84 Å². The van der Waals surface area contributed by atoms with E-state index >= 15 is 0 Å². The first-order chi connectivity index (χ1) is 10.8. The molecule has 1 aliphatic carbocycles. The average molecular weight is 337 g/mol. The Hall–Kier alpha value is -1.36. The monoisotopic (exact) mass is 337 g/mol. The summed E-state index contributed by atoms with van der Waals surface area (Å²) in [4.78, 5) is 12.3. The second kappa shape index (κ2) is 7.47. The largest absolute Gasteiger partial charge is 0.352 e. The van der Waals surface area contributed by atoms with E-state index in [2.05, 4.69) is 26.1 Å². The topological polar surface area (TPSA) is 63.2 Å². The Morgan fingerprint density at radius 1 is 1.17 bits per heavy atom.